The highest BCUT2D eigenvalue weighted by atomic mass is 35.5. The second kappa shape index (κ2) is 10.8. The molecule has 0 aliphatic carbocycles. The van der Waals surface area contributed by atoms with Crippen LogP contribution in [0.3, 0.4) is 0 Å². The van der Waals surface area contributed by atoms with Gasteiger partial charge in [-0.15, -0.1) is 0 Å². The fourth-order valence-corrected chi connectivity index (χ4v) is 3.55. The first-order valence-electron chi connectivity index (χ1n) is 10.3. The number of aryl methyl sites for hydroxylation is 1. The Morgan fingerprint density at radius 2 is 1.48 bits per heavy atom. The SMILES string of the molecule is CC(=O)N(Cc1ccc(Cl)cc1)C(Cc1ccccc1)C(=O)NCc1ccc(C)cc1. The second-order valence-corrected chi connectivity index (χ2v) is 8.12. The van der Waals surface area contributed by atoms with Gasteiger partial charge in [0.2, 0.25) is 11.8 Å². The van der Waals surface area contributed by atoms with Crippen molar-refractivity contribution in [3.8, 4) is 0 Å². The van der Waals surface area contributed by atoms with Gasteiger partial charge in [0, 0.05) is 31.5 Å². The highest BCUT2D eigenvalue weighted by molar-refractivity contribution is 6.30. The third-order valence-corrected chi connectivity index (χ3v) is 5.46. The summed E-state index contributed by atoms with van der Waals surface area (Å²) in [5.41, 5.74) is 4.11. The Morgan fingerprint density at radius 1 is 0.871 bits per heavy atom. The molecule has 0 aliphatic heterocycles. The van der Waals surface area contributed by atoms with Crippen molar-refractivity contribution in [3.63, 3.8) is 0 Å². The average molecular weight is 435 g/mol. The van der Waals surface area contributed by atoms with Gasteiger partial charge in [0.1, 0.15) is 6.04 Å². The van der Waals surface area contributed by atoms with E-state index in [0.717, 1.165) is 16.7 Å². The molecule has 0 spiro atoms. The van der Waals surface area contributed by atoms with E-state index in [2.05, 4.69) is 5.32 Å². The number of hydrogen-bond acceptors (Lipinski definition) is 2. The van der Waals surface area contributed by atoms with Crippen molar-refractivity contribution in [1.82, 2.24) is 10.2 Å². The molecule has 1 N–H and O–H groups in total. The van der Waals surface area contributed by atoms with Gasteiger partial charge in [-0.25, -0.2) is 0 Å². The van der Waals surface area contributed by atoms with E-state index in [1.165, 1.54) is 12.5 Å². The Kier molecular flexibility index (Phi) is 7.85. The maximum absolute atomic E-state index is 13.3. The zero-order valence-corrected chi connectivity index (χ0v) is 18.6. The zero-order valence-electron chi connectivity index (χ0n) is 17.8. The van der Waals surface area contributed by atoms with E-state index >= 15 is 0 Å². The predicted molar refractivity (Wildman–Crippen MR) is 125 cm³/mol. The highest BCUT2D eigenvalue weighted by Gasteiger charge is 2.28. The first-order chi connectivity index (χ1) is 14.9. The van der Waals surface area contributed by atoms with Crippen molar-refractivity contribution in [3.05, 3.63) is 106 Å². The van der Waals surface area contributed by atoms with Gasteiger partial charge >= 0.3 is 0 Å². The van der Waals surface area contributed by atoms with Crippen LogP contribution in [0.1, 0.15) is 29.2 Å². The lowest BCUT2D eigenvalue weighted by Gasteiger charge is -2.30. The number of halogens is 1. The Labute approximate surface area is 188 Å². The topological polar surface area (TPSA) is 49.4 Å². The molecule has 0 radical (unpaired) electrons. The van der Waals surface area contributed by atoms with E-state index in [1.807, 2.05) is 73.7 Å². The molecule has 1 atom stereocenters. The summed E-state index contributed by atoms with van der Waals surface area (Å²) in [7, 11) is 0. The molecule has 2 amide bonds. The van der Waals surface area contributed by atoms with Crippen LogP contribution in [0.4, 0.5) is 0 Å². The highest BCUT2D eigenvalue weighted by Crippen LogP contribution is 2.17. The van der Waals surface area contributed by atoms with Crippen LogP contribution in [-0.2, 0) is 29.1 Å². The Balaban J connectivity index is 1.81. The van der Waals surface area contributed by atoms with Crippen LogP contribution in [0, 0.1) is 6.92 Å². The minimum absolute atomic E-state index is 0.152. The van der Waals surface area contributed by atoms with Crippen molar-refractivity contribution in [2.45, 2.75) is 39.4 Å². The van der Waals surface area contributed by atoms with Gasteiger partial charge in [0.15, 0.2) is 0 Å². The molecular weight excluding hydrogens is 408 g/mol. The van der Waals surface area contributed by atoms with Gasteiger partial charge in [-0.3, -0.25) is 9.59 Å². The number of carbonyl (C=O) groups is 2. The van der Waals surface area contributed by atoms with Crippen LogP contribution in [-0.4, -0.2) is 22.8 Å². The van der Waals surface area contributed by atoms with Crippen molar-refractivity contribution in [2.24, 2.45) is 0 Å². The summed E-state index contributed by atoms with van der Waals surface area (Å²) in [5.74, 6) is -0.324. The first kappa shape index (κ1) is 22.6. The van der Waals surface area contributed by atoms with Crippen LogP contribution in [0.2, 0.25) is 5.02 Å². The first-order valence-corrected chi connectivity index (χ1v) is 10.7. The molecule has 31 heavy (non-hydrogen) atoms. The van der Waals surface area contributed by atoms with Crippen LogP contribution >= 0.6 is 11.6 Å². The number of benzene rings is 3. The van der Waals surface area contributed by atoms with E-state index in [1.54, 1.807) is 17.0 Å². The largest absolute Gasteiger partial charge is 0.350 e. The summed E-state index contributed by atoms with van der Waals surface area (Å²) in [6, 6.07) is 24.5. The molecular formula is C26H27ClN2O2. The number of rotatable bonds is 8. The molecule has 0 bridgehead atoms. The lowest BCUT2D eigenvalue weighted by atomic mass is 10.0. The summed E-state index contributed by atoms with van der Waals surface area (Å²) in [6.45, 7) is 4.28. The molecule has 160 valence electrons. The molecule has 3 aromatic rings. The van der Waals surface area contributed by atoms with E-state index in [9.17, 15) is 9.59 Å². The maximum atomic E-state index is 13.3. The molecule has 0 heterocycles. The monoisotopic (exact) mass is 434 g/mol. The molecule has 3 aromatic carbocycles. The molecule has 5 heteroatoms. The fourth-order valence-electron chi connectivity index (χ4n) is 3.42. The van der Waals surface area contributed by atoms with Gasteiger partial charge in [-0.2, -0.15) is 0 Å². The number of nitrogens with one attached hydrogen (secondary N) is 1. The quantitative estimate of drug-likeness (QED) is 0.546. The van der Waals surface area contributed by atoms with Gasteiger partial charge in [0.25, 0.3) is 0 Å². The number of nitrogens with zero attached hydrogens (tertiary/aromatic N) is 1. The fraction of sp³-hybridized carbons (Fsp3) is 0.231. The lowest BCUT2D eigenvalue weighted by Crippen LogP contribution is -2.49. The molecule has 3 rings (SSSR count). The normalized spacial score (nSPS) is 11.6. The van der Waals surface area contributed by atoms with E-state index < -0.39 is 6.04 Å². The Morgan fingerprint density at radius 3 is 2.10 bits per heavy atom. The molecule has 1 unspecified atom stereocenters. The van der Waals surface area contributed by atoms with E-state index in [-0.39, 0.29) is 11.8 Å². The van der Waals surface area contributed by atoms with Crippen molar-refractivity contribution in [2.75, 3.05) is 0 Å². The van der Waals surface area contributed by atoms with Crippen LogP contribution in [0.25, 0.3) is 0 Å². The third kappa shape index (κ3) is 6.69. The van der Waals surface area contributed by atoms with Crippen LogP contribution in [0.15, 0.2) is 78.9 Å². The maximum Gasteiger partial charge on any atom is 0.243 e. The van der Waals surface area contributed by atoms with Crippen molar-refractivity contribution >= 4 is 23.4 Å². The Hall–Kier alpha value is -3.11. The molecule has 0 aliphatic rings. The third-order valence-electron chi connectivity index (χ3n) is 5.21. The van der Waals surface area contributed by atoms with E-state index in [4.69, 9.17) is 11.6 Å². The van der Waals surface area contributed by atoms with Crippen molar-refractivity contribution in [1.29, 1.82) is 0 Å². The average Bonchev–Trinajstić information content (AvgIpc) is 2.77. The number of hydrogen-bond donors (Lipinski definition) is 1. The molecule has 0 aromatic heterocycles. The van der Waals surface area contributed by atoms with Crippen LogP contribution in [0.5, 0.6) is 0 Å². The van der Waals surface area contributed by atoms with Crippen molar-refractivity contribution < 1.29 is 9.59 Å². The van der Waals surface area contributed by atoms with Gasteiger partial charge in [-0.05, 0) is 35.7 Å². The molecule has 0 fully saturated rings. The summed E-state index contributed by atoms with van der Waals surface area (Å²) >= 11 is 6.00. The van der Waals surface area contributed by atoms with Gasteiger partial charge in [-0.1, -0.05) is 83.9 Å². The summed E-state index contributed by atoms with van der Waals surface area (Å²) < 4.78 is 0. The lowest BCUT2D eigenvalue weighted by molar-refractivity contribution is -0.139. The Bertz CT molecular complexity index is 1000. The van der Waals surface area contributed by atoms with E-state index in [0.29, 0.717) is 24.5 Å². The number of amides is 2. The standard InChI is InChI=1S/C26H27ClN2O2/c1-19-8-10-22(11-9-19)17-28-26(31)25(16-21-6-4-3-5-7-21)29(20(2)30)18-23-12-14-24(27)15-13-23/h3-15,25H,16-18H2,1-2H3,(H,28,31). The smallest absolute Gasteiger partial charge is 0.243 e. The van der Waals surface area contributed by atoms with Gasteiger partial charge in [0.05, 0.1) is 0 Å². The minimum Gasteiger partial charge on any atom is -0.350 e. The summed E-state index contributed by atoms with van der Waals surface area (Å²) in [4.78, 5) is 27.5. The number of carbonyl (C=O) groups excluding carboxylic acids is 2. The zero-order chi connectivity index (χ0) is 22.2. The molecule has 0 saturated heterocycles. The predicted octanol–water partition coefficient (Wildman–Crippen LogP) is 4.92. The summed E-state index contributed by atoms with van der Waals surface area (Å²) in [6.07, 6.45) is 0.438. The second-order valence-electron chi connectivity index (χ2n) is 7.68. The molecule has 4 nitrogen and oxygen atoms in total. The van der Waals surface area contributed by atoms with Gasteiger partial charge < -0.3 is 10.2 Å². The summed E-state index contributed by atoms with van der Waals surface area (Å²) in [5, 5.41) is 3.65. The molecule has 0 saturated carbocycles. The minimum atomic E-state index is -0.624. The van der Waals surface area contributed by atoms with Crippen LogP contribution < -0.4 is 5.32 Å².